The first kappa shape index (κ1) is 13.9. The Morgan fingerprint density at radius 3 is 2.55 bits per heavy atom. The van der Waals surface area contributed by atoms with E-state index in [1.807, 2.05) is 30.3 Å². The second kappa shape index (κ2) is 6.56. The van der Waals surface area contributed by atoms with Crippen molar-refractivity contribution in [2.24, 2.45) is 0 Å². The molecule has 0 heterocycles. The van der Waals surface area contributed by atoms with Crippen LogP contribution in [0.3, 0.4) is 0 Å². The maximum absolute atomic E-state index is 11.0. The lowest BCUT2D eigenvalue weighted by molar-refractivity contribution is -0.385. The lowest BCUT2D eigenvalue weighted by Crippen LogP contribution is -2.03. The van der Waals surface area contributed by atoms with Gasteiger partial charge in [-0.2, -0.15) is 0 Å². The van der Waals surface area contributed by atoms with Gasteiger partial charge in [0.05, 0.1) is 24.7 Å². The number of hydrogen-bond donors (Lipinski definition) is 0. The number of rotatable bonds is 6. The number of nitro benzene ring substituents is 1. The first-order valence-corrected chi connectivity index (χ1v) is 6.20. The van der Waals surface area contributed by atoms with Gasteiger partial charge < -0.3 is 9.47 Å². The van der Waals surface area contributed by atoms with E-state index in [9.17, 15) is 10.1 Å². The third kappa shape index (κ3) is 3.47. The number of hydrogen-bond acceptors (Lipinski definition) is 4. The van der Waals surface area contributed by atoms with Crippen LogP contribution in [0.4, 0.5) is 5.69 Å². The zero-order valence-corrected chi connectivity index (χ0v) is 11.1. The molecule has 0 aliphatic rings. The summed E-state index contributed by atoms with van der Waals surface area (Å²) in [6, 6.07) is 14.4. The predicted molar refractivity (Wildman–Crippen MR) is 75.3 cm³/mol. The quantitative estimate of drug-likeness (QED) is 0.599. The highest BCUT2D eigenvalue weighted by Crippen LogP contribution is 2.31. The van der Waals surface area contributed by atoms with Crippen molar-refractivity contribution in [2.45, 2.75) is 6.42 Å². The van der Waals surface area contributed by atoms with Crippen LogP contribution in [0.5, 0.6) is 11.5 Å². The molecule has 0 aliphatic carbocycles. The normalized spacial score (nSPS) is 10.1. The zero-order valence-electron chi connectivity index (χ0n) is 11.1. The molecule has 20 heavy (non-hydrogen) atoms. The van der Waals surface area contributed by atoms with Gasteiger partial charge in [0, 0.05) is 6.42 Å². The summed E-state index contributed by atoms with van der Waals surface area (Å²) in [5, 5.41) is 11.0. The second-order valence-electron chi connectivity index (χ2n) is 4.17. The minimum absolute atomic E-state index is 0.0857. The Hall–Kier alpha value is -2.56. The topological polar surface area (TPSA) is 61.6 Å². The maximum atomic E-state index is 11.0. The predicted octanol–water partition coefficient (Wildman–Crippen LogP) is 3.22. The van der Waals surface area contributed by atoms with E-state index in [0.717, 1.165) is 5.56 Å². The smallest absolute Gasteiger partial charge is 0.314 e. The number of nitro groups is 1. The van der Waals surface area contributed by atoms with E-state index in [2.05, 4.69) is 0 Å². The van der Waals surface area contributed by atoms with Gasteiger partial charge in [-0.15, -0.1) is 0 Å². The van der Waals surface area contributed by atoms with Crippen molar-refractivity contribution in [2.75, 3.05) is 13.7 Å². The molecule has 0 unspecified atom stereocenters. The molecule has 0 saturated carbocycles. The third-order valence-corrected chi connectivity index (χ3v) is 2.85. The van der Waals surface area contributed by atoms with E-state index in [4.69, 9.17) is 9.47 Å². The molecule has 5 nitrogen and oxygen atoms in total. The van der Waals surface area contributed by atoms with Crippen molar-refractivity contribution in [1.29, 1.82) is 0 Å². The highest BCUT2D eigenvalue weighted by molar-refractivity contribution is 5.50. The average molecular weight is 273 g/mol. The zero-order chi connectivity index (χ0) is 14.4. The van der Waals surface area contributed by atoms with E-state index >= 15 is 0 Å². The Bertz CT molecular complexity index is 584. The van der Waals surface area contributed by atoms with Gasteiger partial charge in [0.2, 0.25) is 0 Å². The summed E-state index contributed by atoms with van der Waals surface area (Å²) in [6.07, 6.45) is 0.698. The molecule has 0 spiro atoms. The lowest BCUT2D eigenvalue weighted by Gasteiger charge is -2.08. The first-order valence-electron chi connectivity index (χ1n) is 6.20. The molecule has 0 fully saturated rings. The third-order valence-electron chi connectivity index (χ3n) is 2.85. The minimum Gasteiger partial charge on any atom is -0.496 e. The van der Waals surface area contributed by atoms with Crippen molar-refractivity contribution >= 4 is 5.69 Å². The number of ether oxygens (including phenoxy) is 2. The molecule has 0 amide bonds. The van der Waals surface area contributed by atoms with Gasteiger partial charge >= 0.3 is 5.69 Å². The van der Waals surface area contributed by atoms with Crippen LogP contribution in [0.1, 0.15) is 5.56 Å². The molecule has 0 N–H and O–H groups in total. The summed E-state index contributed by atoms with van der Waals surface area (Å²) in [4.78, 5) is 10.5. The standard InChI is InChI=1S/C15H15NO4/c1-19-13-7-8-15(14(11-13)16(17)18)20-10-9-12-5-3-2-4-6-12/h2-8,11H,9-10H2,1H3. The van der Waals surface area contributed by atoms with Crippen LogP contribution in [0.15, 0.2) is 48.5 Å². The van der Waals surface area contributed by atoms with Gasteiger partial charge in [-0.05, 0) is 17.7 Å². The van der Waals surface area contributed by atoms with Crippen LogP contribution in [0, 0.1) is 10.1 Å². The molecule has 5 heteroatoms. The van der Waals surface area contributed by atoms with Gasteiger partial charge in [-0.1, -0.05) is 30.3 Å². The Morgan fingerprint density at radius 2 is 1.90 bits per heavy atom. The Kier molecular flexibility index (Phi) is 4.55. The summed E-state index contributed by atoms with van der Waals surface area (Å²) in [5.74, 6) is 0.693. The van der Waals surface area contributed by atoms with Gasteiger partial charge in [-0.25, -0.2) is 0 Å². The molecule has 0 bridgehead atoms. The van der Waals surface area contributed by atoms with Crippen molar-refractivity contribution in [3.8, 4) is 11.5 Å². The van der Waals surface area contributed by atoms with Crippen molar-refractivity contribution < 1.29 is 14.4 Å². The molecule has 0 radical (unpaired) electrons. The molecule has 2 aromatic carbocycles. The van der Waals surface area contributed by atoms with Gasteiger partial charge in [0.25, 0.3) is 0 Å². The maximum Gasteiger partial charge on any atom is 0.314 e. The van der Waals surface area contributed by atoms with E-state index < -0.39 is 4.92 Å². The molecule has 2 aromatic rings. The van der Waals surface area contributed by atoms with Crippen LogP contribution < -0.4 is 9.47 Å². The first-order chi connectivity index (χ1) is 9.70. The van der Waals surface area contributed by atoms with Crippen LogP contribution in [-0.2, 0) is 6.42 Å². The largest absolute Gasteiger partial charge is 0.496 e. The van der Waals surface area contributed by atoms with Crippen molar-refractivity contribution in [3.63, 3.8) is 0 Å². The summed E-state index contributed by atoms with van der Waals surface area (Å²) >= 11 is 0. The second-order valence-corrected chi connectivity index (χ2v) is 4.17. The number of benzene rings is 2. The lowest BCUT2D eigenvalue weighted by atomic mass is 10.2. The number of nitrogens with zero attached hydrogens (tertiary/aromatic N) is 1. The van der Waals surface area contributed by atoms with E-state index in [1.54, 1.807) is 12.1 Å². The Morgan fingerprint density at radius 1 is 1.15 bits per heavy atom. The van der Waals surface area contributed by atoms with Crippen LogP contribution in [-0.4, -0.2) is 18.6 Å². The Labute approximate surface area is 116 Å². The average Bonchev–Trinajstić information content (AvgIpc) is 2.48. The molecular weight excluding hydrogens is 258 g/mol. The van der Waals surface area contributed by atoms with Gasteiger partial charge in [0.1, 0.15) is 5.75 Å². The molecule has 0 aromatic heterocycles. The monoisotopic (exact) mass is 273 g/mol. The highest BCUT2D eigenvalue weighted by Gasteiger charge is 2.16. The molecule has 2 rings (SSSR count). The van der Waals surface area contributed by atoms with Crippen LogP contribution >= 0.6 is 0 Å². The molecular formula is C15H15NO4. The SMILES string of the molecule is COc1ccc(OCCc2ccccc2)c([N+](=O)[O-])c1. The fourth-order valence-electron chi connectivity index (χ4n) is 1.81. The molecule has 104 valence electrons. The number of methoxy groups -OCH3 is 1. The van der Waals surface area contributed by atoms with E-state index in [-0.39, 0.29) is 11.4 Å². The summed E-state index contributed by atoms with van der Waals surface area (Å²) < 4.78 is 10.5. The van der Waals surface area contributed by atoms with Gasteiger partial charge in [0.15, 0.2) is 5.75 Å². The highest BCUT2D eigenvalue weighted by atomic mass is 16.6. The van der Waals surface area contributed by atoms with E-state index in [1.165, 1.54) is 13.2 Å². The van der Waals surface area contributed by atoms with Crippen LogP contribution in [0.2, 0.25) is 0 Å². The Balaban J connectivity index is 2.04. The van der Waals surface area contributed by atoms with Crippen LogP contribution in [0.25, 0.3) is 0 Å². The molecule has 0 atom stereocenters. The van der Waals surface area contributed by atoms with Crippen molar-refractivity contribution in [1.82, 2.24) is 0 Å². The molecule has 0 aliphatic heterocycles. The minimum atomic E-state index is -0.472. The van der Waals surface area contributed by atoms with E-state index in [0.29, 0.717) is 18.8 Å². The summed E-state index contributed by atoms with van der Waals surface area (Å²) in [5.41, 5.74) is 1.04. The summed E-state index contributed by atoms with van der Waals surface area (Å²) in [6.45, 7) is 0.386. The van der Waals surface area contributed by atoms with Crippen molar-refractivity contribution in [3.05, 3.63) is 64.2 Å². The molecule has 0 saturated heterocycles. The fraction of sp³-hybridized carbons (Fsp3) is 0.200. The van der Waals surface area contributed by atoms with Gasteiger partial charge in [-0.3, -0.25) is 10.1 Å². The fourth-order valence-corrected chi connectivity index (χ4v) is 1.81. The summed E-state index contributed by atoms with van der Waals surface area (Å²) in [7, 11) is 1.47.